The van der Waals surface area contributed by atoms with E-state index in [0.29, 0.717) is 23.8 Å². The zero-order valence-electron chi connectivity index (χ0n) is 13.7. The minimum atomic E-state index is -0.619. The molecule has 1 aliphatic heterocycles. The van der Waals surface area contributed by atoms with Crippen molar-refractivity contribution in [1.29, 1.82) is 0 Å². The van der Waals surface area contributed by atoms with Gasteiger partial charge in [-0.1, -0.05) is 37.3 Å². The third kappa shape index (κ3) is 2.36. The molecule has 1 fully saturated rings. The second-order valence-corrected chi connectivity index (χ2v) is 6.28. The summed E-state index contributed by atoms with van der Waals surface area (Å²) >= 11 is 0. The average Bonchev–Trinajstić information content (AvgIpc) is 3.04. The fraction of sp³-hybridized carbons (Fsp3) is 0.222. The molecule has 0 aliphatic carbocycles. The lowest BCUT2D eigenvalue weighted by Gasteiger charge is -2.47. The summed E-state index contributed by atoms with van der Waals surface area (Å²) in [6.45, 7) is 2.80. The SMILES string of the molecule is CC1CN(C(=O)c2ccnc3c(C(N)=O)cnn23)C1c1ccccc1. The molecule has 0 radical (unpaired) electrons. The van der Waals surface area contributed by atoms with Gasteiger partial charge in [-0.25, -0.2) is 9.50 Å². The monoisotopic (exact) mass is 335 g/mol. The van der Waals surface area contributed by atoms with Crippen molar-refractivity contribution in [3.63, 3.8) is 0 Å². The highest BCUT2D eigenvalue weighted by molar-refractivity contribution is 6.00. The third-order valence-electron chi connectivity index (χ3n) is 4.65. The first-order valence-corrected chi connectivity index (χ1v) is 8.06. The number of nitrogens with zero attached hydrogens (tertiary/aromatic N) is 4. The maximum absolute atomic E-state index is 13.1. The molecular weight excluding hydrogens is 318 g/mol. The number of amides is 2. The molecule has 3 heterocycles. The Morgan fingerprint density at radius 3 is 2.64 bits per heavy atom. The molecule has 2 aromatic heterocycles. The summed E-state index contributed by atoms with van der Waals surface area (Å²) in [5.74, 6) is -0.382. The quantitative estimate of drug-likeness (QED) is 0.788. The number of primary amides is 1. The van der Waals surface area contributed by atoms with E-state index in [1.807, 2.05) is 35.2 Å². The maximum atomic E-state index is 13.1. The molecule has 7 heteroatoms. The first-order chi connectivity index (χ1) is 12.1. The summed E-state index contributed by atoms with van der Waals surface area (Å²) in [6.07, 6.45) is 2.84. The molecule has 2 unspecified atom stereocenters. The molecule has 0 spiro atoms. The lowest BCUT2D eigenvalue weighted by atomic mass is 9.84. The standard InChI is InChI=1S/C18H17N5O2/c1-11-10-22(15(11)12-5-3-2-4-6-12)18(25)14-7-8-20-17-13(16(19)24)9-21-23(14)17/h2-9,11,15H,10H2,1H3,(H2,19,24). The summed E-state index contributed by atoms with van der Waals surface area (Å²) < 4.78 is 1.38. The summed E-state index contributed by atoms with van der Waals surface area (Å²) in [7, 11) is 0. The van der Waals surface area contributed by atoms with Crippen molar-refractivity contribution in [3.8, 4) is 0 Å². The highest BCUT2D eigenvalue weighted by Crippen LogP contribution is 2.39. The van der Waals surface area contributed by atoms with Gasteiger partial charge < -0.3 is 10.6 Å². The van der Waals surface area contributed by atoms with Crippen LogP contribution in [-0.2, 0) is 0 Å². The summed E-state index contributed by atoms with van der Waals surface area (Å²) in [6, 6.07) is 11.6. The van der Waals surface area contributed by atoms with E-state index in [1.54, 1.807) is 6.07 Å². The smallest absolute Gasteiger partial charge is 0.273 e. The van der Waals surface area contributed by atoms with Crippen LogP contribution in [0, 0.1) is 5.92 Å². The van der Waals surface area contributed by atoms with E-state index in [2.05, 4.69) is 17.0 Å². The van der Waals surface area contributed by atoms with Gasteiger partial charge >= 0.3 is 0 Å². The van der Waals surface area contributed by atoms with E-state index in [0.717, 1.165) is 5.56 Å². The van der Waals surface area contributed by atoms with Crippen LogP contribution in [0.1, 0.15) is 39.4 Å². The van der Waals surface area contributed by atoms with Crippen LogP contribution in [0.3, 0.4) is 0 Å². The van der Waals surface area contributed by atoms with Crippen LogP contribution in [0.15, 0.2) is 48.8 Å². The fourth-order valence-electron chi connectivity index (χ4n) is 3.44. The molecule has 3 aromatic rings. The van der Waals surface area contributed by atoms with Crippen LogP contribution in [0.4, 0.5) is 0 Å². The normalized spacial score (nSPS) is 19.6. The lowest BCUT2D eigenvalue weighted by Crippen LogP contribution is -2.51. The molecule has 7 nitrogen and oxygen atoms in total. The van der Waals surface area contributed by atoms with Crippen molar-refractivity contribution in [3.05, 3.63) is 65.6 Å². The second-order valence-electron chi connectivity index (χ2n) is 6.28. The number of hydrogen-bond acceptors (Lipinski definition) is 4. The molecule has 1 aliphatic rings. The van der Waals surface area contributed by atoms with Gasteiger partial charge in [-0.05, 0) is 17.5 Å². The molecule has 2 N–H and O–H groups in total. The number of hydrogen-bond donors (Lipinski definition) is 1. The molecule has 2 atom stereocenters. The molecule has 25 heavy (non-hydrogen) atoms. The number of benzene rings is 1. The zero-order valence-corrected chi connectivity index (χ0v) is 13.7. The predicted molar refractivity (Wildman–Crippen MR) is 90.9 cm³/mol. The molecule has 0 bridgehead atoms. The molecule has 4 rings (SSSR count). The van der Waals surface area contributed by atoms with Crippen molar-refractivity contribution in [1.82, 2.24) is 19.5 Å². The van der Waals surface area contributed by atoms with Gasteiger partial charge in [0.2, 0.25) is 0 Å². The van der Waals surface area contributed by atoms with Gasteiger partial charge in [0, 0.05) is 12.7 Å². The van der Waals surface area contributed by atoms with Crippen LogP contribution in [0.5, 0.6) is 0 Å². The van der Waals surface area contributed by atoms with Gasteiger partial charge in [0.25, 0.3) is 11.8 Å². The van der Waals surface area contributed by atoms with Crippen molar-refractivity contribution in [2.24, 2.45) is 11.7 Å². The molecule has 126 valence electrons. The summed E-state index contributed by atoms with van der Waals surface area (Å²) in [5, 5.41) is 4.12. The fourth-order valence-corrected chi connectivity index (χ4v) is 3.44. The Morgan fingerprint density at radius 1 is 1.20 bits per heavy atom. The highest BCUT2D eigenvalue weighted by atomic mass is 16.2. The van der Waals surface area contributed by atoms with Crippen molar-refractivity contribution >= 4 is 17.5 Å². The molecule has 2 amide bonds. The largest absolute Gasteiger partial charge is 0.365 e. The summed E-state index contributed by atoms with van der Waals surface area (Å²) in [5.41, 5.74) is 7.31. The Bertz CT molecular complexity index is 966. The predicted octanol–water partition coefficient (Wildman–Crippen LogP) is 1.66. The van der Waals surface area contributed by atoms with E-state index >= 15 is 0 Å². The Hall–Kier alpha value is -3.22. The number of carbonyl (C=O) groups excluding carboxylic acids is 2. The maximum Gasteiger partial charge on any atom is 0.273 e. The number of carbonyl (C=O) groups is 2. The number of fused-ring (bicyclic) bond motifs is 1. The van der Waals surface area contributed by atoms with E-state index in [-0.39, 0.29) is 17.5 Å². The Balaban J connectivity index is 1.72. The van der Waals surface area contributed by atoms with E-state index in [9.17, 15) is 9.59 Å². The molecule has 1 saturated heterocycles. The number of aromatic nitrogens is 3. The van der Waals surface area contributed by atoms with Crippen LogP contribution >= 0.6 is 0 Å². The summed E-state index contributed by atoms with van der Waals surface area (Å²) in [4.78, 5) is 30.5. The topological polar surface area (TPSA) is 93.6 Å². The van der Waals surface area contributed by atoms with Gasteiger partial charge in [-0.3, -0.25) is 9.59 Å². The minimum absolute atomic E-state index is 0.0306. The van der Waals surface area contributed by atoms with Crippen LogP contribution in [-0.4, -0.2) is 37.9 Å². The number of nitrogens with two attached hydrogens (primary N) is 1. The van der Waals surface area contributed by atoms with Gasteiger partial charge in [-0.15, -0.1) is 0 Å². The van der Waals surface area contributed by atoms with E-state index in [1.165, 1.54) is 16.9 Å². The van der Waals surface area contributed by atoms with Crippen molar-refractivity contribution in [2.45, 2.75) is 13.0 Å². The van der Waals surface area contributed by atoms with Crippen LogP contribution in [0.2, 0.25) is 0 Å². The highest BCUT2D eigenvalue weighted by Gasteiger charge is 2.41. The Morgan fingerprint density at radius 2 is 1.96 bits per heavy atom. The van der Waals surface area contributed by atoms with Crippen LogP contribution in [0.25, 0.3) is 5.65 Å². The lowest BCUT2D eigenvalue weighted by molar-refractivity contribution is 0.0189. The first-order valence-electron chi connectivity index (χ1n) is 8.06. The number of rotatable bonds is 3. The van der Waals surface area contributed by atoms with E-state index in [4.69, 9.17) is 5.73 Å². The van der Waals surface area contributed by atoms with Gasteiger partial charge in [0.15, 0.2) is 5.65 Å². The molecular formula is C18H17N5O2. The molecule has 1 aromatic carbocycles. The molecule has 0 saturated carbocycles. The minimum Gasteiger partial charge on any atom is -0.365 e. The first kappa shape index (κ1) is 15.3. The van der Waals surface area contributed by atoms with Crippen molar-refractivity contribution in [2.75, 3.05) is 6.54 Å². The van der Waals surface area contributed by atoms with Gasteiger partial charge in [0.05, 0.1) is 12.2 Å². The second kappa shape index (κ2) is 5.70. The number of likely N-dealkylation sites (tertiary alicyclic amines) is 1. The van der Waals surface area contributed by atoms with Gasteiger partial charge in [-0.2, -0.15) is 5.10 Å². The zero-order chi connectivity index (χ0) is 17.6. The Labute approximate surface area is 144 Å². The van der Waals surface area contributed by atoms with E-state index < -0.39 is 5.91 Å². The third-order valence-corrected chi connectivity index (χ3v) is 4.65. The average molecular weight is 335 g/mol. The van der Waals surface area contributed by atoms with Crippen molar-refractivity contribution < 1.29 is 9.59 Å². The Kier molecular flexibility index (Phi) is 3.49. The van der Waals surface area contributed by atoms with Crippen LogP contribution < -0.4 is 5.73 Å². The van der Waals surface area contributed by atoms with Gasteiger partial charge in [0.1, 0.15) is 11.3 Å².